The number of nitrogens with one attached hydrogen (secondary N) is 1. The minimum absolute atomic E-state index is 0. The minimum Gasteiger partial charge on any atom is -0.493 e. The first kappa shape index (κ1) is 19.9. The first-order chi connectivity index (χ1) is 10.5. The van der Waals surface area contributed by atoms with Crippen LogP contribution in [0.1, 0.15) is 11.6 Å². The number of ether oxygens (including phenoxy) is 2. The number of alkyl halides is 2. The van der Waals surface area contributed by atoms with Gasteiger partial charge in [0.2, 0.25) is 0 Å². The maximum absolute atomic E-state index is 14.4. The molecule has 8 heteroatoms. The molecule has 0 amide bonds. The molecule has 0 unspecified atom stereocenters. The van der Waals surface area contributed by atoms with Gasteiger partial charge in [-0.15, -0.1) is 12.4 Å². The average molecular weight is 353 g/mol. The fourth-order valence-electron chi connectivity index (χ4n) is 2.85. The van der Waals surface area contributed by atoms with Crippen LogP contribution in [0.2, 0.25) is 0 Å². The molecule has 0 aromatic heterocycles. The van der Waals surface area contributed by atoms with Gasteiger partial charge >= 0.3 is 0 Å². The summed E-state index contributed by atoms with van der Waals surface area (Å²) in [5, 5.41) is 12.3. The van der Waals surface area contributed by atoms with Crippen molar-refractivity contribution in [1.82, 2.24) is 10.2 Å². The normalized spacial score (nSPS) is 17.3. The van der Waals surface area contributed by atoms with E-state index >= 15 is 0 Å². The lowest BCUT2D eigenvalue weighted by Gasteiger charge is -2.39. The number of nitrogens with zero attached hydrogens (tertiary/aromatic N) is 1. The number of hydrogen-bond acceptors (Lipinski definition) is 5. The molecule has 0 radical (unpaired) electrons. The van der Waals surface area contributed by atoms with Crippen LogP contribution in [0.4, 0.5) is 8.78 Å². The van der Waals surface area contributed by atoms with E-state index in [0.717, 1.165) is 0 Å². The van der Waals surface area contributed by atoms with Crippen LogP contribution >= 0.6 is 12.4 Å². The lowest BCUT2D eigenvalue weighted by atomic mass is 9.96. The predicted molar refractivity (Wildman–Crippen MR) is 86.0 cm³/mol. The van der Waals surface area contributed by atoms with Crippen molar-refractivity contribution >= 4 is 12.4 Å². The molecule has 2 rings (SSSR count). The molecular formula is C15H23ClF2N2O3. The maximum Gasteiger partial charge on any atom is 0.290 e. The average Bonchev–Trinajstić information content (AvgIpc) is 2.55. The zero-order valence-corrected chi connectivity index (χ0v) is 14.0. The third kappa shape index (κ3) is 4.23. The van der Waals surface area contributed by atoms with Gasteiger partial charge in [0.1, 0.15) is 12.6 Å². The van der Waals surface area contributed by atoms with E-state index in [1.807, 2.05) is 0 Å². The Balaban J connectivity index is 0.00000264. The second-order valence-electron chi connectivity index (χ2n) is 5.19. The minimum atomic E-state index is -3.28. The van der Waals surface area contributed by atoms with Crippen LogP contribution in [-0.4, -0.2) is 62.9 Å². The largest absolute Gasteiger partial charge is 0.493 e. The highest BCUT2D eigenvalue weighted by atomic mass is 35.5. The van der Waals surface area contributed by atoms with Gasteiger partial charge < -0.3 is 19.9 Å². The lowest BCUT2D eigenvalue weighted by molar-refractivity contribution is -0.119. The summed E-state index contributed by atoms with van der Waals surface area (Å²) in [7, 11) is 2.89. The van der Waals surface area contributed by atoms with Crippen molar-refractivity contribution in [3.63, 3.8) is 0 Å². The molecule has 1 aliphatic heterocycles. The molecule has 0 spiro atoms. The summed E-state index contributed by atoms with van der Waals surface area (Å²) in [5.41, 5.74) is 0.322. The van der Waals surface area contributed by atoms with E-state index in [2.05, 4.69) is 5.32 Å². The van der Waals surface area contributed by atoms with Crippen molar-refractivity contribution in [2.24, 2.45) is 0 Å². The highest BCUT2D eigenvalue weighted by Gasteiger charge is 2.45. The number of piperazine rings is 1. The first-order valence-corrected chi connectivity index (χ1v) is 7.19. The van der Waals surface area contributed by atoms with Gasteiger partial charge in [0.25, 0.3) is 5.92 Å². The van der Waals surface area contributed by atoms with Gasteiger partial charge in [-0.1, -0.05) is 12.1 Å². The van der Waals surface area contributed by atoms with Crippen LogP contribution < -0.4 is 14.8 Å². The molecule has 0 saturated carbocycles. The quantitative estimate of drug-likeness (QED) is 0.816. The van der Waals surface area contributed by atoms with E-state index < -0.39 is 18.6 Å². The van der Waals surface area contributed by atoms with Crippen molar-refractivity contribution < 1.29 is 23.4 Å². The number of halogens is 3. The number of aliphatic hydroxyl groups excluding tert-OH is 1. The van der Waals surface area contributed by atoms with Gasteiger partial charge in [-0.05, 0) is 6.07 Å². The molecule has 1 fully saturated rings. The maximum atomic E-state index is 14.4. The molecule has 1 aromatic rings. The molecule has 1 aromatic carbocycles. The Hall–Kier alpha value is -1.15. The van der Waals surface area contributed by atoms with Crippen molar-refractivity contribution in [3.8, 4) is 11.5 Å². The van der Waals surface area contributed by atoms with E-state index in [9.17, 15) is 13.9 Å². The first-order valence-electron chi connectivity index (χ1n) is 7.19. The molecule has 1 saturated heterocycles. The number of para-hydroxylation sites is 1. The fourth-order valence-corrected chi connectivity index (χ4v) is 2.85. The van der Waals surface area contributed by atoms with E-state index in [-0.39, 0.29) is 18.2 Å². The zero-order valence-electron chi connectivity index (χ0n) is 13.2. The van der Waals surface area contributed by atoms with Crippen LogP contribution in [0.5, 0.6) is 11.5 Å². The molecular weight excluding hydrogens is 330 g/mol. The van der Waals surface area contributed by atoms with Gasteiger partial charge in [0, 0.05) is 31.7 Å². The van der Waals surface area contributed by atoms with E-state index in [1.54, 1.807) is 23.1 Å². The summed E-state index contributed by atoms with van der Waals surface area (Å²) < 4.78 is 39.4. The van der Waals surface area contributed by atoms with E-state index in [4.69, 9.17) is 9.47 Å². The van der Waals surface area contributed by atoms with Crippen molar-refractivity contribution in [1.29, 1.82) is 0 Å². The zero-order chi connectivity index (χ0) is 16.2. The second kappa shape index (κ2) is 8.63. The fraction of sp³-hybridized carbons (Fsp3) is 0.600. The number of methoxy groups -OCH3 is 2. The number of rotatable bonds is 6. The van der Waals surface area contributed by atoms with Crippen LogP contribution in [0.3, 0.4) is 0 Å². The van der Waals surface area contributed by atoms with Crippen molar-refractivity contribution in [3.05, 3.63) is 23.8 Å². The molecule has 1 heterocycles. The number of benzene rings is 1. The van der Waals surface area contributed by atoms with Crippen molar-refractivity contribution in [2.45, 2.75) is 12.0 Å². The summed E-state index contributed by atoms with van der Waals surface area (Å²) in [5.74, 6) is -2.60. The monoisotopic (exact) mass is 352 g/mol. The van der Waals surface area contributed by atoms with Gasteiger partial charge in [0.05, 0.1) is 14.2 Å². The summed E-state index contributed by atoms with van der Waals surface area (Å²) in [4.78, 5) is 1.67. The second-order valence-corrected chi connectivity index (χ2v) is 5.19. The Morgan fingerprint density at radius 1 is 1.26 bits per heavy atom. The number of aliphatic hydroxyl groups is 1. The third-order valence-corrected chi connectivity index (χ3v) is 3.86. The predicted octanol–water partition coefficient (Wildman–Crippen LogP) is 1.70. The molecule has 23 heavy (non-hydrogen) atoms. The Kier molecular flexibility index (Phi) is 7.47. The molecule has 5 nitrogen and oxygen atoms in total. The van der Waals surface area contributed by atoms with Gasteiger partial charge in [0.15, 0.2) is 11.5 Å². The SMILES string of the molecule is COc1cccc([C@@H](N2CCNCC2)C(F)(F)CO)c1OC.Cl. The Labute approximate surface area is 141 Å². The Morgan fingerprint density at radius 2 is 1.91 bits per heavy atom. The summed E-state index contributed by atoms with van der Waals surface area (Å²) in [6.45, 7) is 0.984. The Bertz CT molecular complexity index is 500. The van der Waals surface area contributed by atoms with Crippen LogP contribution in [-0.2, 0) is 0 Å². The topological polar surface area (TPSA) is 54.0 Å². The van der Waals surface area contributed by atoms with Crippen molar-refractivity contribution in [2.75, 3.05) is 47.0 Å². The van der Waals surface area contributed by atoms with Crippen LogP contribution in [0.15, 0.2) is 18.2 Å². The Morgan fingerprint density at radius 3 is 2.43 bits per heavy atom. The lowest BCUT2D eigenvalue weighted by Crippen LogP contribution is -2.51. The van der Waals surface area contributed by atoms with Gasteiger partial charge in [-0.25, -0.2) is 8.78 Å². The summed E-state index contributed by atoms with van der Waals surface area (Å²) in [6, 6.07) is 3.65. The molecule has 1 atom stereocenters. The summed E-state index contributed by atoms with van der Waals surface area (Å²) >= 11 is 0. The standard InChI is InChI=1S/C15H22F2N2O3.ClH/c1-21-12-5-3-4-11(13(12)22-2)14(15(16,17)10-20)19-8-6-18-7-9-19;/h3-5,14,18,20H,6-10H2,1-2H3;1H/t14-;/m1./s1. The molecule has 0 bridgehead atoms. The van der Waals surface area contributed by atoms with Crippen LogP contribution in [0.25, 0.3) is 0 Å². The molecule has 1 aliphatic rings. The molecule has 0 aliphatic carbocycles. The molecule has 2 N–H and O–H groups in total. The molecule has 132 valence electrons. The summed E-state index contributed by atoms with van der Waals surface area (Å²) in [6.07, 6.45) is 0. The van der Waals surface area contributed by atoms with E-state index in [0.29, 0.717) is 37.5 Å². The highest BCUT2D eigenvalue weighted by Crippen LogP contribution is 2.43. The van der Waals surface area contributed by atoms with Crippen LogP contribution in [0, 0.1) is 0 Å². The number of hydrogen-bond donors (Lipinski definition) is 2. The van der Waals surface area contributed by atoms with Gasteiger partial charge in [-0.2, -0.15) is 0 Å². The third-order valence-electron chi connectivity index (χ3n) is 3.86. The van der Waals surface area contributed by atoms with Gasteiger partial charge in [-0.3, -0.25) is 4.90 Å². The highest BCUT2D eigenvalue weighted by molar-refractivity contribution is 5.85. The van der Waals surface area contributed by atoms with E-state index in [1.165, 1.54) is 14.2 Å². The smallest absolute Gasteiger partial charge is 0.290 e.